The van der Waals surface area contributed by atoms with E-state index < -0.39 is 0 Å². The zero-order valence-corrected chi connectivity index (χ0v) is 16.5. The van der Waals surface area contributed by atoms with E-state index in [1.807, 2.05) is 68.4 Å². The summed E-state index contributed by atoms with van der Waals surface area (Å²) in [6.45, 7) is 3.95. The van der Waals surface area contributed by atoms with Crippen LogP contribution in [-0.4, -0.2) is 22.8 Å². The maximum atomic E-state index is 13.2. The predicted molar refractivity (Wildman–Crippen MR) is 113 cm³/mol. The summed E-state index contributed by atoms with van der Waals surface area (Å²) >= 11 is 0. The Kier molecular flexibility index (Phi) is 5.12. The monoisotopic (exact) mass is 385 g/mol. The molecule has 2 heterocycles. The molecular weight excluding hydrogens is 362 g/mol. The molecule has 0 aliphatic carbocycles. The molecule has 0 radical (unpaired) electrons. The van der Waals surface area contributed by atoms with Crippen molar-refractivity contribution in [1.82, 2.24) is 10.3 Å². The van der Waals surface area contributed by atoms with Crippen molar-refractivity contribution in [2.75, 3.05) is 4.90 Å². The van der Waals surface area contributed by atoms with Gasteiger partial charge in [0, 0.05) is 11.7 Å². The summed E-state index contributed by atoms with van der Waals surface area (Å²) in [5, 5.41) is 2.95. The lowest BCUT2D eigenvalue weighted by molar-refractivity contribution is 0.0934. The SMILES string of the molecule is CC(NC(=O)c1cccc(C(=O)N2c3ccccc3CC2C)n1)c1ccccc1. The van der Waals surface area contributed by atoms with Gasteiger partial charge in [0.1, 0.15) is 11.4 Å². The number of hydrogen-bond acceptors (Lipinski definition) is 3. The third-order valence-electron chi connectivity index (χ3n) is 5.27. The smallest absolute Gasteiger partial charge is 0.277 e. The largest absolute Gasteiger partial charge is 0.344 e. The molecule has 2 unspecified atom stereocenters. The van der Waals surface area contributed by atoms with Crippen LogP contribution >= 0.6 is 0 Å². The molecule has 0 fully saturated rings. The highest BCUT2D eigenvalue weighted by Gasteiger charge is 2.32. The molecule has 2 aromatic carbocycles. The van der Waals surface area contributed by atoms with Gasteiger partial charge >= 0.3 is 0 Å². The molecule has 1 aliphatic heterocycles. The minimum absolute atomic E-state index is 0.0530. The number of carbonyl (C=O) groups excluding carboxylic acids is 2. The van der Waals surface area contributed by atoms with Crippen LogP contribution in [0.1, 0.15) is 52.0 Å². The molecule has 5 heteroatoms. The fraction of sp³-hybridized carbons (Fsp3) is 0.208. The fourth-order valence-corrected chi connectivity index (χ4v) is 3.77. The third-order valence-corrected chi connectivity index (χ3v) is 5.27. The maximum Gasteiger partial charge on any atom is 0.277 e. The van der Waals surface area contributed by atoms with Crippen LogP contribution in [0.25, 0.3) is 0 Å². The summed E-state index contributed by atoms with van der Waals surface area (Å²) in [6.07, 6.45) is 0.816. The van der Waals surface area contributed by atoms with Gasteiger partial charge in [-0.25, -0.2) is 4.98 Å². The quantitative estimate of drug-likeness (QED) is 0.733. The molecule has 146 valence electrons. The van der Waals surface area contributed by atoms with Crippen LogP contribution in [0.2, 0.25) is 0 Å². The summed E-state index contributed by atoms with van der Waals surface area (Å²) in [5.41, 5.74) is 3.58. The number of pyridine rings is 1. The minimum Gasteiger partial charge on any atom is -0.344 e. The summed E-state index contributed by atoms with van der Waals surface area (Å²) < 4.78 is 0. The van der Waals surface area contributed by atoms with Crippen molar-refractivity contribution < 1.29 is 9.59 Å². The average Bonchev–Trinajstić information content (AvgIpc) is 3.09. The second kappa shape index (κ2) is 7.87. The van der Waals surface area contributed by atoms with Gasteiger partial charge in [-0.1, -0.05) is 54.6 Å². The highest BCUT2D eigenvalue weighted by Crippen LogP contribution is 2.32. The van der Waals surface area contributed by atoms with E-state index in [1.54, 1.807) is 23.1 Å². The van der Waals surface area contributed by atoms with Crippen molar-refractivity contribution in [2.45, 2.75) is 32.4 Å². The van der Waals surface area contributed by atoms with Crippen LogP contribution < -0.4 is 10.2 Å². The van der Waals surface area contributed by atoms with Crippen molar-refractivity contribution in [3.8, 4) is 0 Å². The summed E-state index contributed by atoms with van der Waals surface area (Å²) in [6, 6.07) is 22.5. The molecule has 0 bridgehead atoms. The van der Waals surface area contributed by atoms with Gasteiger partial charge in [0.25, 0.3) is 11.8 Å². The zero-order chi connectivity index (χ0) is 20.4. The molecule has 0 saturated carbocycles. The first-order valence-corrected chi connectivity index (χ1v) is 9.79. The van der Waals surface area contributed by atoms with Gasteiger partial charge in [0.05, 0.1) is 6.04 Å². The standard InChI is InChI=1S/C24H23N3O2/c1-16-15-19-11-6-7-14-22(19)27(16)24(29)21-13-8-12-20(26-21)23(28)25-17(2)18-9-4-3-5-10-18/h3-14,16-17H,15H2,1-2H3,(H,25,28). The maximum absolute atomic E-state index is 13.2. The van der Waals surface area contributed by atoms with E-state index >= 15 is 0 Å². The average molecular weight is 385 g/mol. The Morgan fingerprint density at radius 1 is 0.966 bits per heavy atom. The number of hydrogen-bond donors (Lipinski definition) is 1. The molecule has 5 nitrogen and oxygen atoms in total. The molecule has 3 aromatic rings. The van der Waals surface area contributed by atoms with E-state index in [0.29, 0.717) is 0 Å². The number of aromatic nitrogens is 1. The highest BCUT2D eigenvalue weighted by atomic mass is 16.2. The van der Waals surface area contributed by atoms with E-state index in [-0.39, 0.29) is 35.3 Å². The van der Waals surface area contributed by atoms with Crippen molar-refractivity contribution in [2.24, 2.45) is 0 Å². The van der Waals surface area contributed by atoms with Gasteiger partial charge in [-0.2, -0.15) is 0 Å². The molecule has 0 spiro atoms. The van der Waals surface area contributed by atoms with Crippen LogP contribution in [0.5, 0.6) is 0 Å². The van der Waals surface area contributed by atoms with Crippen molar-refractivity contribution in [1.29, 1.82) is 0 Å². The first kappa shape index (κ1) is 18.9. The van der Waals surface area contributed by atoms with Gasteiger partial charge in [-0.15, -0.1) is 0 Å². The van der Waals surface area contributed by atoms with Gasteiger partial charge in [0.15, 0.2) is 0 Å². The van der Waals surface area contributed by atoms with Crippen LogP contribution in [0.4, 0.5) is 5.69 Å². The van der Waals surface area contributed by atoms with Crippen LogP contribution in [-0.2, 0) is 6.42 Å². The Hall–Kier alpha value is -3.47. The van der Waals surface area contributed by atoms with Crippen LogP contribution in [0.15, 0.2) is 72.8 Å². The molecule has 4 rings (SSSR count). The number of anilines is 1. The third kappa shape index (κ3) is 3.76. The fourth-order valence-electron chi connectivity index (χ4n) is 3.77. The molecule has 0 saturated heterocycles. The Labute approximate surface area is 170 Å². The lowest BCUT2D eigenvalue weighted by Crippen LogP contribution is -2.36. The lowest BCUT2D eigenvalue weighted by Gasteiger charge is -2.22. The van der Waals surface area contributed by atoms with Gasteiger partial charge in [-0.3, -0.25) is 9.59 Å². The van der Waals surface area contributed by atoms with E-state index in [9.17, 15) is 9.59 Å². The number of benzene rings is 2. The van der Waals surface area contributed by atoms with Gasteiger partial charge < -0.3 is 10.2 Å². The molecule has 1 aliphatic rings. The van der Waals surface area contributed by atoms with E-state index in [2.05, 4.69) is 10.3 Å². The van der Waals surface area contributed by atoms with E-state index in [4.69, 9.17) is 0 Å². The number of amides is 2. The molecule has 1 aromatic heterocycles. The van der Waals surface area contributed by atoms with Crippen LogP contribution in [0.3, 0.4) is 0 Å². The number of rotatable bonds is 4. The molecule has 2 atom stereocenters. The summed E-state index contributed by atoms with van der Waals surface area (Å²) in [5.74, 6) is -0.487. The second-order valence-electron chi connectivity index (χ2n) is 7.37. The normalized spacial score (nSPS) is 16.2. The van der Waals surface area contributed by atoms with Crippen molar-refractivity contribution >= 4 is 17.5 Å². The van der Waals surface area contributed by atoms with Crippen LogP contribution in [0, 0.1) is 0 Å². The Bertz CT molecular complexity index is 1050. The molecule has 1 N–H and O–H groups in total. The summed E-state index contributed by atoms with van der Waals surface area (Å²) in [4.78, 5) is 32.0. The first-order valence-electron chi connectivity index (χ1n) is 9.79. The first-order chi connectivity index (χ1) is 14.0. The zero-order valence-electron chi connectivity index (χ0n) is 16.5. The Morgan fingerprint density at radius 2 is 1.66 bits per heavy atom. The number of fused-ring (bicyclic) bond motifs is 1. The number of nitrogens with one attached hydrogen (secondary N) is 1. The lowest BCUT2D eigenvalue weighted by atomic mass is 10.1. The Balaban J connectivity index is 1.54. The number of carbonyl (C=O) groups is 2. The van der Waals surface area contributed by atoms with Gasteiger partial charge in [0.2, 0.25) is 0 Å². The highest BCUT2D eigenvalue weighted by molar-refractivity contribution is 6.07. The summed E-state index contributed by atoms with van der Waals surface area (Å²) in [7, 11) is 0. The predicted octanol–water partition coefficient (Wildman–Crippen LogP) is 4.16. The van der Waals surface area contributed by atoms with Gasteiger partial charge in [-0.05, 0) is 49.6 Å². The molecular formula is C24H23N3O2. The number of para-hydroxylation sites is 1. The molecule has 2 amide bonds. The Morgan fingerprint density at radius 3 is 2.45 bits per heavy atom. The topological polar surface area (TPSA) is 62.3 Å². The van der Waals surface area contributed by atoms with E-state index in [1.165, 1.54) is 0 Å². The number of nitrogens with zero attached hydrogens (tertiary/aromatic N) is 2. The minimum atomic E-state index is -0.300. The van der Waals surface area contributed by atoms with Crippen molar-refractivity contribution in [3.63, 3.8) is 0 Å². The van der Waals surface area contributed by atoms with Crippen molar-refractivity contribution in [3.05, 3.63) is 95.3 Å². The van der Waals surface area contributed by atoms with E-state index in [0.717, 1.165) is 23.2 Å². The second-order valence-corrected chi connectivity index (χ2v) is 7.37. The molecule has 29 heavy (non-hydrogen) atoms.